The van der Waals surface area contributed by atoms with Gasteiger partial charge in [-0.1, -0.05) is 60.7 Å². The maximum Gasteiger partial charge on any atom is 0.123 e. The highest BCUT2D eigenvalue weighted by Crippen LogP contribution is 2.40. The molecule has 50 heavy (non-hydrogen) atoms. The van der Waals surface area contributed by atoms with E-state index < -0.39 is 0 Å². The maximum absolute atomic E-state index is 13.9. The summed E-state index contributed by atoms with van der Waals surface area (Å²) in [7, 11) is 0.500. The minimum atomic E-state index is -0.249. The van der Waals surface area contributed by atoms with Crippen LogP contribution < -0.4 is 5.73 Å². The molecule has 0 saturated carbocycles. The van der Waals surface area contributed by atoms with Crippen molar-refractivity contribution >= 4 is 27.5 Å². The molecule has 252 valence electrons. The summed E-state index contributed by atoms with van der Waals surface area (Å²) >= 11 is 0. The summed E-state index contributed by atoms with van der Waals surface area (Å²) in [5, 5.41) is 12.2. The molecule has 0 fully saturated rings. The van der Waals surface area contributed by atoms with E-state index in [0.717, 1.165) is 44.7 Å². The molecule has 0 aliphatic rings. The van der Waals surface area contributed by atoms with Gasteiger partial charge in [-0.3, -0.25) is 4.39 Å². The van der Waals surface area contributed by atoms with Gasteiger partial charge < -0.3 is 10.3 Å². The number of hydrogen-bond acceptors (Lipinski definition) is 2. The van der Waals surface area contributed by atoms with Gasteiger partial charge in [0.05, 0.1) is 35.5 Å². The van der Waals surface area contributed by atoms with Crippen LogP contribution in [0.5, 0.6) is 0 Å². The molecule has 0 amide bonds. The quantitative estimate of drug-likeness (QED) is 0.191. The van der Waals surface area contributed by atoms with Crippen molar-refractivity contribution in [3.63, 3.8) is 0 Å². The Labute approximate surface area is 294 Å². The number of rotatable bonds is 3. The van der Waals surface area contributed by atoms with Crippen LogP contribution in [0.4, 0.5) is 14.5 Å². The first kappa shape index (κ1) is 35.6. The van der Waals surface area contributed by atoms with E-state index in [1.165, 1.54) is 55.8 Å². The van der Waals surface area contributed by atoms with E-state index in [2.05, 4.69) is 112 Å². The summed E-state index contributed by atoms with van der Waals surface area (Å²) in [5.74, 6) is -0.249. The second-order valence-electron chi connectivity index (χ2n) is 12.8. The number of nitriles is 1. The van der Waals surface area contributed by atoms with E-state index in [0.29, 0.717) is 12.7 Å². The SMILES string of the molecule is CF.Cc1cc(-c2ccc(F)cc2C)c(-n2c3cccc(C)c3c3c(C)cccc32)cc1C#N.Cc1cccc(C)c1-c1c(C)cccc1N. The lowest BCUT2D eigenvalue weighted by Gasteiger charge is -2.17. The van der Waals surface area contributed by atoms with Gasteiger partial charge in [0.1, 0.15) is 5.82 Å². The predicted molar refractivity (Wildman–Crippen MR) is 207 cm³/mol. The van der Waals surface area contributed by atoms with Crippen molar-refractivity contribution in [1.82, 2.24) is 4.57 Å². The fourth-order valence-electron chi connectivity index (χ4n) is 7.10. The monoisotopic (exact) mass is 663 g/mol. The number of fused-ring (bicyclic) bond motifs is 3. The maximum atomic E-state index is 13.9. The summed E-state index contributed by atoms with van der Waals surface area (Å²) in [5.41, 5.74) is 23.1. The zero-order valence-electron chi connectivity index (χ0n) is 30.0. The van der Waals surface area contributed by atoms with E-state index in [4.69, 9.17) is 5.73 Å². The van der Waals surface area contributed by atoms with Crippen molar-refractivity contribution in [3.8, 4) is 34.0 Å². The van der Waals surface area contributed by atoms with Crippen LogP contribution in [0, 0.1) is 65.6 Å². The fourth-order valence-corrected chi connectivity index (χ4v) is 7.10. The molecule has 0 unspecified atom stereocenters. The van der Waals surface area contributed by atoms with Crippen LogP contribution in [-0.2, 0) is 0 Å². The Morgan fingerprint density at radius 3 is 1.56 bits per heavy atom. The van der Waals surface area contributed by atoms with Gasteiger partial charge in [0.25, 0.3) is 0 Å². The van der Waals surface area contributed by atoms with Gasteiger partial charge >= 0.3 is 0 Å². The molecule has 0 saturated heterocycles. The minimum absolute atomic E-state index is 0.249. The van der Waals surface area contributed by atoms with Gasteiger partial charge in [-0.25, -0.2) is 4.39 Å². The van der Waals surface area contributed by atoms with E-state index >= 15 is 0 Å². The number of halogens is 2. The third-order valence-electron chi connectivity index (χ3n) is 9.45. The molecular weight excluding hydrogens is 621 g/mol. The second kappa shape index (κ2) is 14.8. The average molecular weight is 664 g/mol. The van der Waals surface area contributed by atoms with Crippen LogP contribution in [0.2, 0.25) is 0 Å². The molecule has 0 aliphatic carbocycles. The normalized spacial score (nSPS) is 10.7. The molecule has 0 spiro atoms. The lowest BCUT2D eigenvalue weighted by molar-refractivity contribution is 0.627. The van der Waals surface area contributed by atoms with Crippen molar-refractivity contribution in [3.05, 3.63) is 153 Å². The number of aromatic nitrogens is 1. The molecule has 0 atom stereocenters. The summed E-state index contributed by atoms with van der Waals surface area (Å²) in [4.78, 5) is 0. The van der Waals surface area contributed by atoms with Gasteiger partial charge in [-0.15, -0.1) is 0 Å². The van der Waals surface area contributed by atoms with Crippen LogP contribution in [0.1, 0.15) is 44.5 Å². The Balaban J connectivity index is 0.000000227. The highest BCUT2D eigenvalue weighted by atomic mass is 19.1. The molecule has 0 aliphatic heterocycles. The average Bonchev–Trinajstić information content (AvgIpc) is 3.43. The minimum Gasteiger partial charge on any atom is -0.398 e. The van der Waals surface area contributed by atoms with Gasteiger partial charge in [-0.05, 0) is 141 Å². The van der Waals surface area contributed by atoms with Crippen molar-refractivity contribution < 1.29 is 8.78 Å². The van der Waals surface area contributed by atoms with Crippen LogP contribution in [0.15, 0.2) is 103 Å². The van der Waals surface area contributed by atoms with Crippen molar-refractivity contribution in [2.45, 2.75) is 48.5 Å². The third kappa shape index (κ3) is 6.50. The summed E-state index contributed by atoms with van der Waals surface area (Å²) < 4.78 is 25.6. The second-order valence-corrected chi connectivity index (χ2v) is 12.8. The number of nitrogens with zero attached hydrogens (tertiary/aromatic N) is 2. The van der Waals surface area contributed by atoms with Crippen molar-refractivity contribution in [2.24, 2.45) is 0 Å². The van der Waals surface area contributed by atoms with Crippen molar-refractivity contribution in [1.29, 1.82) is 5.26 Å². The molecule has 7 aromatic rings. The van der Waals surface area contributed by atoms with Crippen LogP contribution in [-0.4, -0.2) is 11.7 Å². The Morgan fingerprint density at radius 2 is 1.04 bits per heavy atom. The summed E-state index contributed by atoms with van der Waals surface area (Å²) in [6, 6.07) is 36.4. The molecule has 0 bridgehead atoms. The largest absolute Gasteiger partial charge is 0.398 e. The Hall–Kier alpha value is -5.73. The van der Waals surface area contributed by atoms with Gasteiger partial charge in [0.2, 0.25) is 0 Å². The van der Waals surface area contributed by atoms with Gasteiger partial charge in [-0.2, -0.15) is 5.26 Å². The lowest BCUT2D eigenvalue weighted by Crippen LogP contribution is -2.01. The van der Waals surface area contributed by atoms with E-state index in [1.54, 1.807) is 6.07 Å². The molecule has 7 rings (SSSR count). The number of alkyl halides is 1. The third-order valence-corrected chi connectivity index (χ3v) is 9.45. The molecule has 2 N–H and O–H groups in total. The summed E-state index contributed by atoms with van der Waals surface area (Å²) in [6.07, 6.45) is 0. The first-order valence-electron chi connectivity index (χ1n) is 16.6. The number of hydrogen-bond donors (Lipinski definition) is 1. The van der Waals surface area contributed by atoms with Gasteiger partial charge in [0.15, 0.2) is 0 Å². The zero-order chi connectivity index (χ0) is 36.3. The first-order chi connectivity index (χ1) is 24.0. The Kier molecular flexibility index (Phi) is 10.5. The van der Waals surface area contributed by atoms with E-state index in [1.807, 2.05) is 38.1 Å². The number of nitrogens with two attached hydrogens (primary N) is 1. The smallest absolute Gasteiger partial charge is 0.123 e. The molecule has 0 radical (unpaired) electrons. The lowest BCUT2D eigenvalue weighted by atomic mass is 9.91. The Morgan fingerprint density at radius 1 is 0.540 bits per heavy atom. The number of benzene rings is 6. The number of anilines is 1. The van der Waals surface area contributed by atoms with Crippen LogP contribution in [0.25, 0.3) is 49.7 Å². The number of nitrogen functional groups attached to an aromatic ring is 1. The van der Waals surface area contributed by atoms with Crippen LogP contribution in [0.3, 0.4) is 0 Å². The fraction of sp³-hybridized carbons (Fsp3) is 0.178. The Bertz CT molecular complexity index is 2260. The van der Waals surface area contributed by atoms with E-state index in [-0.39, 0.29) is 5.82 Å². The molecular formula is C45H43F2N3. The molecule has 1 heterocycles. The molecule has 6 aromatic carbocycles. The summed E-state index contributed by atoms with van der Waals surface area (Å²) in [6.45, 7) is 14.5. The predicted octanol–water partition coefficient (Wildman–Crippen LogP) is 12.1. The van der Waals surface area contributed by atoms with E-state index in [9.17, 15) is 14.0 Å². The first-order valence-corrected chi connectivity index (χ1v) is 16.6. The van der Waals surface area contributed by atoms with Crippen LogP contribution >= 0.6 is 0 Å². The standard InChI is InChI=1S/C29H23FN2.C15H17N.CH3F/c1-17-7-5-9-25-28(17)29-18(2)8-6-10-26(29)32(25)27-15-21(16-31)19(3)14-24(27)23-12-11-22(30)13-20(23)4;1-10-6-4-7-11(2)14(10)15-12(3)8-5-9-13(15)16;1-2/h5-15H,1-4H3;4-9H,16H2,1-3H3;1H3. The molecule has 3 nitrogen and oxygen atoms in total. The topological polar surface area (TPSA) is 54.7 Å². The zero-order valence-corrected chi connectivity index (χ0v) is 30.0. The highest BCUT2D eigenvalue weighted by Gasteiger charge is 2.20. The highest BCUT2D eigenvalue weighted by molar-refractivity contribution is 6.12. The van der Waals surface area contributed by atoms with Crippen molar-refractivity contribution in [2.75, 3.05) is 12.9 Å². The number of aryl methyl sites for hydroxylation is 7. The van der Waals surface area contributed by atoms with Gasteiger partial charge in [0, 0.05) is 27.6 Å². The molecule has 5 heteroatoms. The molecule has 1 aromatic heterocycles.